The van der Waals surface area contributed by atoms with Gasteiger partial charge < -0.3 is 19.9 Å². The second-order valence-electron chi connectivity index (χ2n) is 4.23. The van der Waals surface area contributed by atoms with Gasteiger partial charge in [-0.15, -0.1) is 0 Å². The summed E-state index contributed by atoms with van der Waals surface area (Å²) in [5, 5.41) is 11.3. The van der Waals surface area contributed by atoms with Crippen molar-refractivity contribution < 1.29 is 29.0 Å². The molecule has 2 atom stereocenters. The van der Waals surface area contributed by atoms with Crippen LogP contribution in [-0.4, -0.2) is 48.3 Å². The van der Waals surface area contributed by atoms with Crippen molar-refractivity contribution in [1.29, 1.82) is 0 Å². The Morgan fingerprint density at radius 2 is 2.00 bits per heavy atom. The molecule has 2 N–H and O–H groups in total. The minimum absolute atomic E-state index is 0.247. The first-order chi connectivity index (χ1) is 9.04. The van der Waals surface area contributed by atoms with Crippen LogP contribution in [0.5, 0.6) is 0 Å². The summed E-state index contributed by atoms with van der Waals surface area (Å²) in [4.78, 5) is 33.3. The fraction of sp³-hybridized carbons (Fsp3) is 0.750. The predicted molar refractivity (Wildman–Crippen MR) is 64.4 cm³/mol. The van der Waals surface area contributed by atoms with E-state index >= 15 is 0 Å². The van der Waals surface area contributed by atoms with Gasteiger partial charge in [-0.1, -0.05) is 0 Å². The van der Waals surface area contributed by atoms with E-state index in [1.54, 1.807) is 6.92 Å². The van der Waals surface area contributed by atoms with Crippen molar-refractivity contribution in [1.82, 2.24) is 5.32 Å². The normalized spacial score (nSPS) is 21.9. The van der Waals surface area contributed by atoms with Gasteiger partial charge in [-0.25, -0.2) is 4.79 Å². The number of amides is 1. The lowest BCUT2D eigenvalue weighted by molar-refractivity contribution is -0.152. The van der Waals surface area contributed by atoms with Gasteiger partial charge >= 0.3 is 11.9 Å². The SMILES string of the molecule is CCOC(=O)CCCNC(=O)[C@@H]1CC[C@H](C(=O)O)O1. The summed E-state index contributed by atoms with van der Waals surface area (Å²) in [5.41, 5.74) is 0. The largest absolute Gasteiger partial charge is 0.479 e. The molecule has 0 aromatic heterocycles. The first-order valence-corrected chi connectivity index (χ1v) is 6.36. The summed E-state index contributed by atoms with van der Waals surface area (Å²) in [6, 6.07) is 0. The van der Waals surface area contributed by atoms with E-state index in [-0.39, 0.29) is 18.3 Å². The highest BCUT2D eigenvalue weighted by Crippen LogP contribution is 2.19. The molecule has 1 saturated heterocycles. The van der Waals surface area contributed by atoms with E-state index in [0.29, 0.717) is 32.4 Å². The summed E-state index contributed by atoms with van der Waals surface area (Å²) in [6.45, 7) is 2.42. The zero-order valence-corrected chi connectivity index (χ0v) is 10.9. The van der Waals surface area contributed by atoms with Gasteiger partial charge in [0.05, 0.1) is 6.61 Å². The van der Waals surface area contributed by atoms with Gasteiger partial charge in [0.25, 0.3) is 0 Å². The van der Waals surface area contributed by atoms with Crippen molar-refractivity contribution in [3.8, 4) is 0 Å². The number of hydrogen-bond acceptors (Lipinski definition) is 5. The highest BCUT2D eigenvalue weighted by molar-refractivity contribution is 5.82. The topological polar surface area (TPSA) is 102 Å². The molecule has 1 amide bonds. The Hall–Kier alpha value is -1.63. The van der Waals surface area contributed by atoms with E-state index in [4.69, 9.17) is 14.6 Å². The number of rotatable bonds is 7. The molecule has 0 unspecified atom stereocenters. The third kappa shape index (κ3) is 5.25. The van der Waals surface area contributed by atoms with Crippen molar-refractivity contribution >= 4 is 17.8 Å². The lowest BCUT2D eigenvalue weighted by atomic mass is 10.2. The number of hydrogen-bond donors (Lipinski definition) is 2. The van der Waals surface area contributed by atoms with Gasteiger partial charge in [0, 0.05) is 13.0 Å². The van der Waals surface area contributed by atoms with Crippen LogP contribution in [0.25, 0.3) is 0 Å². The fourth-order valence-corrected chi connectivity index (χ4v) is 1.80. The number of nitrogens with one attached hydrogen (secondary N) is 1. The van der Waals surface area contributed by atoms with Crippen LogP contribution in [-0.2, 0) is 23.9 Å². The molecule has 0 spiro atoms. The minimum atomic E-state index is -1.04. The second kappa shape index (κ2) is 7.73. The number of carbonyl (C=O) groups excluding carboxylic acids is 2. The van der Waals surface area contributed by atoms with Crippen LogP contribution >= 0.6 is 0 Å². The van der Waals surface area contributed by atoms with Crippen molar-refractivity contribution in [2.45, 2.75) is 44.8 Å². The van der Waals surface area contributed by atoms with Crippen molar-refractivity contribution in [3.05, 3.63) is 0 Å². The van der Waals surface area contributed by atoms with E-state index < -0.39 is 18.2 Å². The molecule has 1 aliphatic heterocycles. The van der Waals surface area contributed by atoms with Crippen LogP contribution in [0.1, 0.15) is 32.6 Å². The maximum absolute atomic E-state index is 11.6. The molecule has 108 valence electrons. The standard InChI is InChI=1S/C12H19NO6/c1-2-18-10(14)4-3-7-13-11(15)8-5-6-9(19-8)12(16)17/h8-9H,2-7H2,1H3,(H,13,15)(H,16,17)/t8-,9+/m0/s1. The molecule has 0 bridgehead atoms. The van der Waals surface area contributed by atoms with Crippen LogP contribution in [0.15, 0.2) is 0 Å². The van der Waals surface area contributed by atoms with Crippen molar-refractivity contribution in [2.75, 3.05) is 13.2 Å². The minimum Gasteiger partial charge on any atom is -0.479 e. The molecule has 1 fully saturated rings. The Morgan fingerprint density at radius 3 is 2.58 bits per heavy atom. The second-order valence-corrected chi connectivity index (χ2v) is 4.23. The molecule has 0 aromatic carbocycles. The van der Waals surface area contributed by atoms with Crippen LogP contribution in [0.2, 0.25) is 0 Å². The van der Waals surface area contributed by atoms with Crippen LogP contribution in [0, 0.1) is 0 Å². The number of aliphatic carboxylic acids is 1. The highest BCUT2D eigenvalue weighted by Gasteiger charge is 2.34. The number of esters is 1. The molecule has 0 aromatic rings. The molecular formula is C12H19NO6. The molecule has 19 heavy (non-hydrogen) atoms. The molecule has 1 heterocycles. The van der Waals surface area contributed by atoms with E-state index in [9.17, 15) is 14.4 Å². The monoisotopic (exact) mass is 273 g/mol. The summed E-state index contributed by atoms with van der Waals surface area (Å²) in [5.74, 6) is -1.66. The lowest BCUT2D eigenvalue weighted by Crippen LogP contribution is -2.36. The van der Waals surface area contributed by atoms with Crippen LogP contribution < -0.4 is 5.32 Å². The Kier molecular flexibility index (Phi) is 6.27. The Morgan fingerprint density at radius 1 is 1.32 bits per heavy atom. The highest BCUT2D eigenvalue weighted by atomic mass is 16.5. The summed E-state index contributed by atoms with van der Waals surface area (Å²) < 4.78 is 9.85. The van der Waals surface area contributed by atoms with Gasteiger partial charge in [-0.3, -0.25) is 9.59 Å². The molecule has 7 nitrogen and oxygen atoms in total. The number of carboxylic acids is 1. The van der Waals surface area contributed by atoms with E-state index in [1.165, 1.54) is 0 Å². The molecule has 0 radical (unpaired) electrons. The first kappa shape index (κ1) is 15.4. The van der Waals surface area contributed by atoms with Crippen molar-refractivity contribution in [3.63, 3.8) is 0 Å². The van der Waals surface area contributed by atoms with Crippen LogP contribution in [0.3, 0.4) is 0 Å². The third-order valence-corrected chi connectivity index (χ3v) is 2.75. The molecule has 0 aliphatic carbocycles. The Labute approximate surface area is 111 Å². The summed E-state index contributed by atoms with van der Waals surface area (Å²) in [6.07, 6.45) is -0.118. The van der Waals surface area contributed by atoms with Gasteiger partial charge in [-0.05, 0) is 26.2 Å². The average Bonchev–Trinajstić information content (AvgIpc) is 2.84. The van der Waals surface area contributed by atoms with Crippen LogP contribution in [0.4, 0.5) is 0 Å². The zero-order chi connectivity index (χ0) is 14.3. The maximum Gasteiger partial charge on any atom is 0.332 e. The molecule has 7 heteroatoms. The van der Waals surface area contributed by atoms with Gasteiger partial charge in [0.2, 0.25) is 5.91 Å². The number of carbonyl (C=O) groups is 3. The lowest BCUT2D eigenvalue weighted by Gasteiger charge is -2.11. The van der Waals surface area contributed by atoms with Gasteiger partial charge in [0.1, 0.15) is 6.10 Å². The van der Waals surface area contributed by atoms with Crippen molar-refractivity contribution in [2.24, 2.45) is 0 Å². The average molecular weight is 273 g/mol. The molecule has 1 aliphatic rings. The Bertz CT molecular complexity index is 343. The molecule has 1 rings (SSSR count). The van der Waals surface area contributed by atoms with Gasteiger partial charge in [-0.2, -0.15) is 0 Å². The maximum atomic E-state index is 11.6. The number of ether oxygens (including phenoxy) is 2. The summed E-state index contributed by atoms with van der Waals surface area (Å²) in [7, 11) is 0. The smallest absolute Gasteiger partial charge is 0.332 e. The molecule has 0 saturated carbocycles. The van der Waals surface area contributed by atoms with E-state index in [2.05, 4.69) is 5.32 Å². The fourth-order valence-electron chi connectivity index (χ4n) is 1.80. The first-order valence-electron chi connectivity index (χ1n) is 6.36. The number of carboxylic acid groups (broad SMARTS) is 1. The third-order valence-electron chi connectivity index (χ3n) is 2.75. The van der Waals surface area contributed by atoms with E-state index in [0.717, 1.165) is 0 Å². The van der Waals surface area contributed by atoms with E-state index in [1.807, 2.05) is 0 Å². The van der Waals surface area contributed by atoms with Gasteiger partial charge in [0.15, 0.2) is 6.10 Å². The predicted octanol–water partition coefficient (Wildman–Crippen LogP) is 0.0781. The summed E-state index contributed by atoms with van der Waals surface area (Å²) >= 11 is 0. The molecular weight excluding hydrogens is 254 g/mol. The Balaban J connectivity index is 2.15. The zero-order valence-electron chi connectivity index (χ0n) is 10.9. The quantitative estimate of drug-likeness (QED) is 0.503.